The van der Waals surface area contributed by atoms with E-state index in [9.17, 15) is 0 Å². The summed E-state index contributed by atoms with van der Waals surface area (Å²) in [5.74, 6) is 2.76. The van der Waals surface area contributed by atoms with Crippen LogP contribution < -0.4 is 9.47 Å². The zero-order valence-electron chi connectivity index (χ0n) is 17.0. The number of aromatic nitrogens is 4. The van der Waals surface area contributed by atoms with E-state index in [0.717, 1.165) is 23.4 Å². The number of hydrogen-bond acceptors (Lipinski definition) is 7. The molecule has 154 valence electrons. The summed E-state index contributed by atoms with van der Waals surface area (Å²) in [6.45, 7) is 4.19. The zero-order valence-corrected chi connectivity index (χ0v) is 17.0. The van der Waals surface area contributed by atoms with Crippen LogP contribution in [0.25, 0.3) is 17.1 Å². The van der Waals surface area contributed by atoms with Gasteiger partial charge in [-0.25, -0.2) is 4.98 Å². The van der Waals surface area contributed by atoms with Crippen LogP contribution in [0.15, 0.2) is 42.6 Å². The van der Waals surface area contributed by atoms with Crippen molar-refractivity contribution in [1.82, 2.24) is 19.7 Å². The van der Waals surface area contributed by atoms with Crippen LogP contribution in [0, 0.1) is 0 Å². The molecule has 2 aromatic heterocycles. The maximum absolute atomic E-state index is 5.73. The lowest BCUT2D eigenvalue weighted by atomic mass is 10.2. The predicted octanol–water partition coefficient (Wildman–Crippen LogP) is 3.29. The lowest BCUT2D eigenvalue weighted by Gasteiger charge is -2.11. The van der Waals surface area contributed by atoms with Crippen molar-refractivity contribution in [3.63, 3.8) is 0 Å². The first-order valence-corrected chi connectivity index (χ1v) is 9.51. The number of nitrogens with zero attached hydrogens (tertiary/aromatic N) is 4. The fourth-order valence-electron chi connectivity index (χ4n) is 2.78. The van der Waals surface area contributed by atoms with E-state index < -0.39 is 0 Å². The van der Waals surface area contributed by atoms with Crippen LogP contribution >= 0.6 is 0 Å². The Labute approximate surface area is 170 Å². The van der Waals surface area contributed by atoms with Crippen molar-refractivity contribution in [2.75, 3.05) is 34.0 Å². The van der Waals surface area contributed by atoms with Crippen LogP contribution in [-0.2, 0) is 16.1 Å². The second-order valence-corrected chi connectivity index (χ2v) is 6.19. The molecule has 0 aliphatic carbocycles. The molecule has 0 spiro atoms. The monoisotopic (exact) mass is 398 g/mol. The van der Waals surface area contributed by atoms with Crippen LogP contribution in [0.2, 0.25) is 0 Å². The van der Waals surface area contributed by atoms with Gasteiger partial charge >= 0.3 is 0 Å². The average molecular weight is 398 g/mol. The molecule has 3 rings (SSSR count). The molecule has 0 radical (unpaired) electrons. The fraction of sp³-hybridized carbons (Fsp3) is 0.381. The van der Waals surface area contributed by atoms with Gasteiger partial charge in [-0.15, -0.1) is 10.2 Å². The van der Waals surface area contributed by atoms with Crippen molar-refractivity contribution in [3.05, 3.63) is 48.4 Å². The van der Waals surface area contributed by atoms with Gasteiger partial charge < -0.3 is 18.9 Å². The maximum atomic E-state index is 5.73. The molecule has 0 bridgehead atoms. The molecular formula is C21H26N4O4. The molecule has 3 aromatic rings. The van der Waals surface area contributed by atoms with Crippen LogP contribution in [0.4, 0.5) is 0 Å². The van der Waals surface area contributed by atoms with Gasteiger partial charge in [0.15, 0.2) is 11.6 Å². The van der Waals surface area contributed by atoms with Gasteiger partial charge in [0.1, 0.15) is 12.4 Å². The van der Waals surface area contributed by atoms with Crippen molar-refractivity contribution in [2.45, 2.75) is 20.0 Å². The van der Waals surface area contributed by atoms with E-state index in [1.165, 1.54) is 0 Å². The summed E-state index contributed by atoms with van der Waals surface area (Å²) < 4.78 is 23.4. The number of benzene rings is 1. The lowest BCUT2D eigenvalue weighted by Crippen LogP contribution is -2.06. The van der Waals surface area contributed by atoms with E-state index in [1.807, 2.05) is 41.8 Å². The minimum atomic E-state index is 0.357. The number of ether oxygens (including phenoxy) is 4. The highest BCUT2D eigenvalue weighted by molar-refractivity contribution is 5.59. The Balaban J connectivity index is 1.87. The van der Waals surface area contributed by atoms with Crippen molar-refractivity contribution < 1.29 is 18.9 Å². The smallest absolute Gasteiger partial charge is 0.213 e. The SMILES string of the molecule is CCOCc1nnc(-c2ccc(OCCCOC)cc2)n1-c1ccc(OC)nc1. The second-order valence-electron chi connectivity index (χ2n) is 6.19. The highest BCUT2D eigenvalue weighted by atomic mass is 16.5. The normalized spacial score (nSPS) is 10.9. The van der Waals surface area contributed by atoms with Crippen LogP contribution in [0.1, 0.15) is 19.2 Å². The minimum absolute atomic E-state index is 0.357. The molecule has 2 heterocycles. The van der Waals surface area contributed by atoms with Crippen molar-refractivity contribution in [1.29, 1.82) is 0 Å². The maximum Gasteiger partial charge on any atom is 0.213 e. The first-order valence-electron chi connectivity index (χ1n) is 9.51. The Hall–Kier alpha value is -2.97. The van der Waals surface area contributed by atoms with Gasteiger partial charge in [-0.2, -0.15) is 0 Å². The van der Waals surface area contributed by atoms with Crippen LogP contribution in [-0.4, -0.2) is 53.8 Å². The van der Waals surface area contributed by atoms with Crippen LogP contribution in [0.3, 0.4) is 0 Å². The first-order chi connectivity index (χ1) is 14.3. The van der Waals surface area contributed by atoms with Gasteiger partial charge in [-0.3, -0.25) is 4.57 Å². The summed E-state index contributed by atoms with van der Waals surface area (Å²) in [5, 5.41) is 8.72. The van der Waals surface area contributed by atoms with Gasteiger partial charge in [0.25, 0.3) is 0 Å². The molecule has 0 N–H and O–H groups in total. The summed E-state index contributed by atoms with van der Waals surface area (Å²) in [7, 11) is 3.27. The Kier molecular flexibility index (Phi) is 7.54. The predicted molar refractivity (Wildman–Crippen MR) is 108 cm³/mol. The van der Waals surface area contributed by atoms with Gasteiger partial charge in [-0.1, -0.05) is 0 Å². The summed E-state index contributed by atoms with van der Waals surface area (Å²) in [4.78, 5) is 4.30. The van der Waals surface area contributed by atoms with Gasteiger partial charge in [0.05, 0.1) is 25.6 Å². The van der Waals surface area contributed by atoms with E-state index in [1.54, 1.807) is 26.5 Å². The minimum Gasteiger partial charge on any atom is -0.494 e. The zero-order chi connectivity index (χ0) is 20.5. The average Bonchev–Trinajstić information content (AvgIpc) is 3.19. The number of methoxy groups -OCH3 is 2. The topological polar surface area (TPSA) is 80.5 Å². The molecule has 0 saturated heterocycles. The molecule has 0 aliphatic heterocycles. The molecule has 8 heteroatoms. The Morgan fingerprint density at radius 1 is 0.966 bits per heavy atom. The molecule has 29 heavy (non-hydrogen) atoms. The standard InChI is InChI=1S/C21H26N4O4/c1-4-28-15-19-23-24-21(25(19)17-8-11-20(27-3)22-14-17)16-6-9-18(10-7-16)29-13-5-12-26-2/h6-11,14H,4-5,12-13,15H2,1-3H3. The third kappa shape index (κ3) is 5.30. The second kappa shape index (κ2) is 10.5. The number of pyridine rings is 1. The van der Waals surface area contributed by atoms with Gasteiger partial charge in [0, 0.05) is 38.4 Å². The molecule has 8 nitrogen and oxygen atoms in total. The Morgan fingerprint density at radius 2 is 1.79 bits per heavy atom. The molecule has 0 unspecified atom stereocenters. The number of rotatable bonds is 11. The van der Waals surface area contributed by atoms with Crippen molar-refractivity contribution >= 4 is 0 Å². The van der Waals surface area contributed by atoms with Gasteiger partial charge in [0.2, 0.25) is 5.88 Å². The largest absolute Gasteiger partial charge is 0.494 e. The Bertz CT molecular complexity index is 879. The van der Waals surface area contributed by atoms with E-state index in [4.69, 9.17) is 18.9 Å². The van der Waals surface area contributed by atoms with Gasteiger partial charge in [-0.05, 0) is 37.3 Å². The highest BCUT2D eigenvalue weighted by Crippen LogP contribution is 2.25. The molecule has 0 aliphatic rings. The summed E-state index contributed by atoms with van der Waals surface area (Å²) in [6, 6.07) is 11.5. The molecule has 0 atom stereocenters. The highest BCUT2D eigenvalue weighted by Gasteiger charge is 2.16. The quantitative estimate of drug-likeness (QED) is 0.459. The summed E-state index contributed by atoms with van der Waals surface area (Å²) in [6.07, 6.45) is 2.58. The molecule has 0 saturated carbocycles. The third-order valence-electron chi connectivity index (χ3n) is 4.23. The summed E-state index contributed by atoms with van der Waals surface area (Å²) in [5.41, 5.74) is 1.75. The van der Waals surface area contributed by atoms with E-state index in [0.29, 0.717) is 44.0 Å². The third-order valence-corrected chi connectivity index (χ3v) is 4.23. The first kappa shape index (κ1) is 20.8. The van der Waals surface area contributed by atoms with E-state index in [2.05, 4.69) is 15.2 Å². The fourth-order valence-corrected chi connectivity index (χ4v) is 2.78. The molecule has 0 amide bonds. The molecular weight excluding hydrogens is 372 g/mol. The number of hydrogen-bond donors (Lipinski definition) is 0. The Morgan fingerprint density at radius 3 is 2.45 bits per heavy atom. The molecule has 0 fully saturated rings. The van der Waals surface area contributed by atoms with Crippen molar-refractivity contribution in [3.8, 4) is 28.7 Å². The van der Waals surface area contributed by atoms with E-state index in [-0.39, 0.29) is 0 Å². The molecule has 1 aromatic carbocycles. The van der Waals surface area contributed by atoms with Crippen LogP contribution in [0.5, 0.6) is 11.6 Å². The summed E-state index contributed by atoms with van der Waals surface area (Å²) >= 11 is 0. The van der Waals surface area contributed by atoms with E-state index >= 15 is 0 Å². The van der Waals surface area contributed by atoms with Crippen molar-refractivity contribution in [2.24, 2.45) is 0 Å². The lowest BCUT2D eigenvalue weighted by molar-refractivity contribution is 0.127.